The minimum Gasteiger partial charge on any atom is -0.461 e. The molecule has 0 bridgehead atoms. The van der Waals surface area contributed by atoms with E-state index >= 15 is 0 Å². The van der Waals surface area contributed by atoms with E-state index in [1.807, 2.05) is 20.9 Å². The van der Waals surface area contributed by atoms with E-state index in [0.717, 1.165) is 29.2 Å². The molecule has 0 saturated carbocycles. The Balaban J connectivity index is 0. The number of amides is 6. The minimum atomic E-state index is -0.899. The summed E-state index contributed by atoms with van der Waals surface area (Å²) in [5.41, 5.74) is 5.42. The standard InChI is InChI=1S/C23H28N4O7.C4H11N.C2H6.CH3NO/c1-14(2)22(26-18(29)10-11-27-20(31)8-9-21(27)32)23(33)24-12-19(30)25-17-6-4-16(5-7-17)13-34-15(3)28;1-3-4-5-2;1-2;2-1-3/h4-9,14,22H,10-13H2,1-3H3,(H,24,33)(H,25,30)(H,26,29);5H,3-4H2,1-2H3;1-2H3;1H,(H2,2,3). The SMILES string of the molecule is CC.CC(=O)OCc1ccc(NC(=O)CNC(=O)C(NC(=O)CCN2C(=O)C=CC2=O)C(C)C)cc1.CCCNC.NC=O. The van der Waals surface area contributed by atoms with Crippen molar-refractivity contribution in [3.05, 3.63) is 42.0 Å². The lowest BCUT2D eigenvalue weighted by Gasteiger charge is -2.22. The molecule has 0 aromatic heterocycles. The third-order valence-corrected chi connectivity index (χ3v) is 5.33. The van der Waals surface area contributed by atoms with Crippen molar-refractivity contribution < 1.29 is 38.3 Å². The maximum Gasteiger partial charge on any atom is 0.302 e. The van der Waals surface area contributed by atoms with Crippen molar-refractivity contribution in [2.45, 2.75) is 67.0 Å². The van der Waals surface area contributed by atoms with Gasteiger partial charge in [-0.25, -0.2) is 0 Å². The van der Waals surface area contributed by atoms with Gasteiger partial charge in [-0.3, -0.25) is 38.5 Å². The Morgan fingerprint density at radius 2 is 1.55 bits per heavy atom. The lowest BCUT2D eigenvalue weighted by Crippen LogP contribution is -2.51. The number of hydrogen-bond acceptors (Lipinski definition) is 9. The van der Waals surface area contributed by atoms with Crippen LogP contribution in [0.1, 0.15) is 59.9 Å². The van der Waals surface area contributed by atoms with Crippen LogP contribution in [-0.2, 0) is 44.9 Å². The summed E-state index contributed by atoms with van der Waals surface area (Å²) in [6.45, 7) is 11.8. The smallest absolute Gasteiger partial charge is 0.302 e. The highest BCUT2D eigenvalue weighted by Crippen LogP contribution is 2.11. The van der Waals surface area contributed by atoms with Gasteiger partial charge in [0.1, 0.15) is 12.6 Å². The molecule has 2 rings (SSSR count). The molecule has 1 heterocycles. The molecule has 0 spiro atoms. The van der Waals surface area contributed by atoms with Gasteiger partial charge in [-0.1, -0.05) is 46.8 Å². The van der Waals surface area contributed by atoms with Crippen LogP contribution < -0.4 is 27.0 Å². The molecule has 44 heavy (non-hydrogen) atoms. The summed E-state index contributed by atoms with van der Waals surface area (Å²) >= 11 is 0. The van der Waals surface area contributed by atoms with Crippen molar-refractivity contribution in [3.63, 3.8) is 0 Å². The van der Waals surface area contributed by atoms with Crippen LogP contribution in [0.5, 0.6) is 0 Å². The van der Waals surface area contributed by atoms with Gasteiger partial charge >= 0.3 is 5.97 Å². The number of carbonyl (C=O) groups is 7. The highest BCUT2D eigenvalue weighted by molar-refractivity contribution is 6.13. The van der Waals surface area contributed by atoms with Gasteiger partial charge in [0.25, 0.3) is 11.8 Å². The van der Waals surface area contributed by atoms with Crippen LogP contribution in [0.2, 0.25) is 0 Å². The number of nitrogens with one attached hydrogen (secondary N) is 4. The number of anilines is 1. The Labute approximate surface area is 259 Å². The van der Waals surface area contributed by atoms with Crippen LogP contribution in [0.25, 0.3) is 0 Å². The van der Waals surface area contributed by atoms with Crippen molar-refractivity contribution in [3.8, 4) is 0 Å². The van der Waals surface area contributed by atoms with Crippen LogP contribution in [0.3, 0.4) is 0 Å². The second-order valence-corrected chi connectivity index (χ2v) is 9.18. The molecule has 6 N–H and O–H groups in total. The van der Waals surface area contributed by atoms with E-state index < -0.39 is 41.5 Å². The first-order valence-electron chi connectivity index (χ1n) is 14.3. The fourth-order valence-electron chi connectivity index (χ4n) is 3.25. The first-order chi connectivity index (χ1) is 20.9. The van der Waals surface area contributed by atoms with Crippen molar-refractivity contribution >= 4 is 47.6 Å². The molecular weight excluding hydrogens is 572 g/mol. The Bertz CT molecular complexity index is 1070. The predicted octanol–water partition coefficient (Wildman–Crippen LogP) is 1.00. The Hall–Kier alpha value is -4.59. The molecule has 0 fully saturated rings. The summed E-state index contributed by atoms with van der Waals surface area (Å²) in [5, 5.41) is 10.7. The molecule has 1 aliphatic rings. The lowest BCUT2D eigenvalue weighted by atomic mass is 10.0. The van der Waals surface area contributed by atoms with E-state index in [1.54, 1.807) is 38.1 Å². The Kier molecular flexibility index (Phi) is 23.6. The lowest BCUT2D eigenvalue weighted by molar-refractivity contribution is -0.142. The summed E-state index contributed by atoms with van der Waals surface area (Å²) in [6.07, 6.45) is 3.60. The van der Waals surface area contributed by atoms with E-state index in [0.29, 0.717) is 5.69 Å². The van der Waals surface area contributed by atoms with Gasteiger partial charge in [0, 0.05) is 37.7 Å². The third kappa shape index (κ3) is 18.8. The van der Waals surface area contributed by atoms with Crippen molar-refractivity contribution in [2.24, 2.45) is 11.7 Å². The number of nitrogens with two attached hydrogens (primary N) is 1. The van der Waals surface area contributed by atoms with Gasteiger partial charge in [-0.15, -0.1) is 0 Å². The molecule has 1 atom stereocenters. The van der Waals surface area contributed by atoms with Gasteiger partial charge in [-0.05, 0) is 43.6 Å². The molecular formula is C30H48N6O8. The van der Waals surface area contributed by atoms with E-state index in [4.69, 9.17) is 9.53 Å². The van der Waals surface area contributed by atoms with Crippen LogP contribution in [0.15, 0.2) is 36.4 Å². The average Bonchev–Trinajstić information content (AvgIpc) is 3.31. The molecule has 1 aromatic rings. The normalized spacial score (nSPS) is 11.9. The van der Waals surface area contributed by atoms with Gasteiger partial charge in [-0.2, -0.15) is 0 Å². The number of carbonyl (C=O) groups excluding carboxylic acids is 7. The third-order valence-electron chi connectivity index (χ3n) is 5.33. The number of imide groups is 1. The maximum absolute atomic E-state index is 12.5. The van der Waals surface area contributed by atoms with Crippen LogP contribution >= 0.6 is 0 Å². The summed E-state index contributed by atoms with van der Waals surface area (Å²) < 4.78 is 4.89. The van der Waals surface area contributed by atoms with Gasteiger partial charge in [0.15, 0.2) is 0 Å². The average molecular weight is 621 g/mol. The minimum absolute atomic E-state index is 0.0923. The van der Waals surface area contributed by atoms with E-state index in [-0.39, 0.29) is 38.4 Å². The molecule has 14 nitrogen and oxygen atoms in total. The summed E-state index contributed by atoms with van der Waals surface area (Å²) in [5.74, 6) is -3.13. The number of primary amides is 1. The summed E-state index contributed by atoms with van der Waals surface area (Å²) in [4.78, 5) is 80.5. The van der Waals surface area contributed by atoms with E-state index in [2.05, 4.69) is 33.9 Å². The zero-order valence-corrected chi connectivity index (χ0v) is 26.7. The van der Waals surface area contributed by atoms with Crippen LogP contribution in [0.4, 0.5) is 5.69 Å². The second kappa shape index (κ2) is 25.0. The van der Waals surface area contributed by atoms with Gasteiger partial charge < -0.3 is 31.7 Å². The molecule has 1 aromatic carbocycles. The quantitative estimate of drug-likeness (QED) is 0.121. The summed E-state index contributed by atoms with van der Waals surface area (Å²) in [7, 11) is 1.96. The number of ether oxygens (including phenoxy) is 1. The number of benzene rings is 1. The Morgan fingerprint density at radius 1 is 1.00 bits per heavy atom. The molecule has 0 aliphatic carbocycles. The molecule has 14 heteroatoms. The highest BCUT2D eigenvalue weighted by atomic mass is 16.5. The van der Waals surface area contributed by atoms with E-state index in [1.165, 1.54) is 13.3 Å². The number of nitrogens with zero attached hydrogens (tertiary/aromatic N) is 1. The molecule has 6 amide bonds. The topological polar surface area (TPSA) is 206 Å². The fourth-order valence-corrected chi connectivity index (χ4v) is 3.25. The fraction of sp³-hybridized carbons (Fsp3) is 0.500. The predicted molar refractivity (Wildman–Crippen MR) is 167 cm³/mol. The monoisotopic (exact) mass is 620 g/mol. The van der Waals surface area contributed by atoms with Crippen molar-refractivity contribution in [1.29, 1.82) is 0 Å². The highest BCUT2D eigenvalue weighted by Gasteiger charge is 2.27. The molecule has 246 valence electrons. The van der Waals surface area contributed by atoms with E-state index in [9.17, 15) is 28.8 Å². The van der Waals surface area contributed by atoms with Gasteiger partial charge in [0.05, 0.1) is 6.54 Å². The molecule has 1 unspecified atom stereocenters. The zero-order chi connectivity index (χ0) is 34.1. The molecule has 0 saturated heterocycles. The largest absolute Gasteiger partial charge is 0.461 e. The maximum atomic E-state index is 12.5. The molecule has 1 aliphatic heterocycles. The van der Waals surface area contributed by atoms with Crippen molar-refractivity contribution in [1.82, 2.24) is 20.9 Å². The second-order valence-electron chi connectivity index (χ2n) is 9.18. The zero-order valence-electron chi connectivity index (χ0n) is 26.7. The van der Waals surface area contributed by atoms with Crippen LogP contribution in [0, 0.1) is 5.92 Å². The number of esters is 1. The van der Waals surface area contributed by atoms with Gasteiger partial charge in [0.2, 0.25) is 24.1 Å². The Morgan fingerprint density at radius 3 is 1.98 bits per heavy atom. The van der Waals surface area contributed by atoms with Crippen LogP contribution in [-0.4, -0.2) is 79.5 Å². The van der Waals surface area contributed by atoms with Crippen molar-refractivity contribution in [2.75, 3.05) is 32.0 Å². The first kappa shape index (κ1) is 41.5. The first-order valence-corrected chi connectivity index (χ1v) is 14.3. The summed E-state index contributed by atoms with van der Waals surface area (Å²) in [6, 6.07) is 5.77. The number of rotatable bonds is 13. The number of hydrogen-bond donors (Lipinski definition) is 5. The molecule has 0 radical (unpaired) electrons.